The number of aromatic nitrogens is 2. The van der Waals surface area contributed by atoms with Crippen molar-refractivity contribution in [3.05, 3.63) is 54.6 Å². The fraction of sp³-hybridized carbons (Fsp3) is 0.111. The Bertz CT molecular complexity index is 915. The quantitative estimate of drug-likeness (QED) is 0.678. The number of H-pyrrole nitrogens is 1. The number of aromatic carboxylic acids is 1. The SMILES string of the molecule is C=CCOc1ccc(-c2nc3cc(C(=O)O)ccc3[nH]2)c(OC)c1. The zero-order valence-corrected chi connectivity index (χ0v) is 13.1. The highest BCUT2D eigenvalue weighted by Gasteiger charge is 2.13. The average molecular weight is 324 g/mol. The van der Waals surface area contributed by atoms with Crippen LogP contribution in [0.15, 0.2) is 49.1 Å². The maximum atomic E-state index is 11.1. The molecular formula is C18H16N2O4. The number of hydrogen-bond acceptors (Lipinski definition) is 4. The molecule has 2 aromatic carbocycles. The van der Waals surface area contributed by atoms with E-state index in [9.17, 15) is 4.79 Å². The Morgan fingerprint density at radius 2 is 2.17 bits per heavy atom. The zero-order chi connectivity index (χ0) is 17.1. The van der Waals surface area contributed by atoms with Crippen LogP contribution in [0.4, 0.5) is 0 Å². The van der Waals surface area contributed by atoms with Gasteiger partial charge in [-0.2, -0.15) is 0 Å². The number of carbonyl (C=O) groups is 1. The lowest BCUT2D eigenvalue weighted by atomic mass is 10.2. The molecule has 6 heteroatoms. The fourth-order valence-corrected chi connectivity index (χ4v) is 2.38. The van der Waals surface area contributed by atoms with Gasteiger partial charge in [0.1, 0.15) is 23.9 Å². The molecule has 0 aliphatic rings. The fourth-order valence-electron chi connectivity index (χ4n) is 2.38. The maximum Gasteiger partial charge on any atom is 0.335 e. The van der Waals surface area contributed by atoms with Crippen LogP contribution < -0.4 is 9.47 Å². The molecule has 122 valence electrons. The van der Waals surface area contributed by atoms with E-state index in [0.29, 0.717) is 29.4 Å². The Labute approximate surface area is 138 Å². The Balaban J connectivity index is 2.02. The summed E-state index contributed by atoms with van der Waals surface area (Å²) in [4.78, 5) is 18.7. The highest BCUT2D eigenvalue weighted by molar-refractivity contribution is 5.93. The molecule has 0 unspecified atom stereocenters. The van der Waals surface area contributed by atoms with Crippen LogP contribution in [0, 0.1) is 0 Å². The number of nitrogens with one attached hydrogen (secondary N) is 1. The van der Waals surface area contributed by atoms with Crippen molar-refractivity contribution in [3.63, 3.8) is 0 Å². The third-order valence-corrected chi connectivity index (χ3v) is 3.53. The number of hydrogen-bond donors (Lipinski definition) is 2. The molecule has 0 bridgehead atoms. The number of ether oxygens (including phenoxy) is 2. The van der Waals surface area contributed by atoms with Gasteiger partial charge >= 0.3 is 5.97 Å². The van der Waals surface area contributed by atoms with Gasteiger partial charge in [0.15, 0.2) is 0 Å². The summed E-state index contributed by atoms with van der Waals surface area (Å²) >= 11 is 0. The number of carboxylic acid groups (broad SMARTS) is 1. The third kappa shape index (κ3) is 2.94. The summed E-state index contributed by atoms with van der Waals surface area (Å²) in [6.07, 6.45) is 1.67. The highest BCUT2D eigenvalue weighted by atomic mass is 16.5. The molecule has 24 heavy (non-hydrogen) atoms. The van der Waals surface area contributed by atoms with E-state index in [1.165, 1.54) is 12.1 Å². The van der Waals surface area contributed by atoms with E-state index in [1.807, 2.05) is 12.1 Å². The molecule has 0 amide bonds. The minimum absolute atomic E-state index is 0.195. The second-order valence-electron chi connectivity index (χ2n) is 5.08. The molecule has 3 aromatic rings. The first-order chi connectivity index (χ1) is 11.6. The Morgan fingerprint density at radius 3 is 2.88 bits per heavy atom. The zero-order valence-electron chi connectivity index (χ0n) is 13.1. The first-order valence-electron chi connectivity index (χ1n) is 7.27. The molecule has 0 atom stereocenters. The number of aromatic amines is 1. The molecule has 1 heterocycles. The van der Waals surface area contributed by atoms with Crippen molar-refractivity contribution >= 4 is 17.0 Å². The van der Waals surface area contributed by atoms with E-state index in [-0.39, 0.29) is 5.56 Å². The molecule has 0 radical (unpaired) electrons. The van der Waals surface area contributed by atoms with Crippen LogP contribution in [0.1, 0.15) is 10.4 Å². The molecular weight excluding hydrogens is 308 g/mol. The van der Waals surface area contributed by atoms with E-state index in [0.717, 1.165) is 11.1 Å². The monoisotopic (exact) mass is 324 g/mol. The molecule has 0 aliphatic carbocycles. The summed E-state index contributed by atoms with van der Waals surface area (Å²) in [5, 5.41) is 9.07. The van der Waals surface area contributed by atoms with Crippen LogP contribution in [0.5, 0.6) is 11.5 Å². The molecule has 2 N–H and O–H groups in total. The van der Waals surface area contributed by atoms with Crippen molar-refractivity contribution < 1.29 is 19.4 Å². The first-order valence-corrected chi connectivity index (χ1v) is 7.27. The van der Waals surface area contributed by atoms with Crippen molar-refractivity contribution in [2.45, 2.75) is 0 Å². The van der Waals surface area contributed by atoms with Gasteiger partial charge in [-0.15, -0.1) is 0 Å². The van der Waals surface area contributed by atoms with Crippen molar-refractivity contribution in [1.29, 1.82) is 0 Å². The molecule has 3 rings (SSSR count). The predicted molar refractivity (Wildman–Crippen MR) is 90.7 cm³/mol. The van der Waals surface area contributed by atoms with Gasteiger partial charge in [0.2, 0.25) is 0 Å². The van der Waals surface area contributed by atoms with Gasteiger partial charge in [0.25, 0.3) is 0 Å². The first kappa shape index (κ1) is 15.6. The standard InChI is InChI=1S/C18H16N2O4/c1-3-8-24-12-5-6-13(16(10-12)23-2)17-19-14-7-4-11(18(21)22)9-15(14)20-17/h3-7,9-10H,1,8H2,2H3,(H,19,20)(H,21,22). The van der Waals surface area contributed by atoms with Crippen LogP contribution in [-0.4, -0.2) is 34.8 Å². The van der Waals surface area contributed by atoms with Crippen molar-refractivity contribution in [1.82, 2.24) is 9.97 Å². The minimum atomic E-state index is -0.984. The number of carboxylic acids is 1. The van der Waals surface area contributed by atoms with Gasteiger partial charge in [-0.25, -0.2) is 9.78 Å². The molecule has 0 saturated heterocycles. The lowest BCUT2D eigenvalue weighted by molar-refractivity contribution is 0.0697. The van der Waals surface area contributed by atoms with Gasteiger partial charge in [-0.3, -0.25) is 0 Å². The van der Waals surface area contributed by atoms with Crippen LogP contribution in [0.25, 0.3) is 22.4 Å². The highest BCUT2D eigenvalue weighted by Crippen LogP contribution is 2.33. The molecule has 0 spiro atoms. The summed E-state index contributed by atoms with van der Waals surface area (Å²) in [7, 11) is 1.57. The van der Waals surface area contributed by atoms with E-state index >= 15 is 0 Å². The normalized spacial score (nSPS) is 10.5. The van der Waals surface area contributed by atoms with E-state index in [1.54, 1.807) is 25.3 Å². The molecule has 0 aliphatic heterocycles. The second kappa shape index (κ2) is 6.45. The summed E-state index contributed by atoms with van der Waals surface area (Å²) < 4.78 is 10.9. The summed E-state index contributed by atoms with van der Waals surface area (Å²) in [5.41, 5.74) is 2.29. The number of rotatable bonds is 6. The topological polar surface area (TPSA) is 84.4 Å². The van der Waals surface area contributed by atoms with Crippen molar-refractivity contribution in [3.8, 4) is 22.9 Å². The van der Waals surface area contributed by atoms with Crippen LogP contribution >= 0.6 is 0 Å². The smallest absolute Gasteiger partial charge is 0.335 e. The van der Waals surface area contributed by atoms with Gasteiger partial charge in [-0.05, 0) is 30.3 Å². The van der Waals surface area contributed by atoms with Gasteiger partial charge < -0.3 is 19.6 Å². The molecule has 0 fully saturated rings. The van der Waals surface area contributed by atoms with Gasteiger partial charge in [0.05, 0.1) is 29.3 Å². The number of imidazole rings is 1. The average Bonchev–Trinajstić information content (AvgIpc) is 3.02. The Kier molecular flexibility index (Phi) is 4.20. The van der Waals surface area contributed by atoms with Crippen molar-refractivity contribution in [2.75, 3.05) is 13.7 Å². The Morgan fingerprint density at radius 1 is 1.33 bits per heavy atom. The largest absolute Gasteiger partial charge is 0.496 e. The predicted octanol–water partition coefficient (Wildman–Crippen LogP) is 3.50. The van der Waals surface area contributed by atoms with Crippen molar-refractivity contribution in [2.24, 2.45) is 0 Å². The minimum Gasteiger partial charge on any atom is -0.496 e. The van der Waals surface area contributed by atoms with Gasteiger partial charge in [0, 0.05) is 6.07 Å². The number of methoxy groups -OCH3 is 1. The number of fused-ring (bicyclic) bond motifs is 1. The van der Waals surface area contributed by atoms with E-state index in [4.69, 9.17) is 14.6 Å². The van der Waals surface area contributed by atoms with Crippen LogP contribution in [0.3, 0.4) is 0 Å². The summed E-state index contributed by atoms with van der Waals surface area (Å²) in [6, 6.07) is 10.2. The van der Waals surface area contributed by atoms with E-state index < -0.39 is 5.97 Å². The maximum absolute atomic E-state index is 11.1. The third-order valence-electron chi connectivity index (χ3n) is 3.53. The van der Waals surface area contributed by atoms with Crippen LogP contribution in [-0.2, 0) is 0 Å². The van der Waals surface area contributed by atoms with Crippen LogP contribution in [0.2, 0.25) is 0 Å². The molecule has 1 aromatic heterocycles. The number of nitrogens with zero attached hydrogens (tertiary/aromatic N) is 1. The molecule has 0 saturated carbocycles. The lowest BCUT2D eigenvalue weighted by Gasteiger charge is -2.09. The lowest BCUT2D eigenvalue weighted by Crippen LogP contribution is -1.95. The Hall–Kier alpha value is -3.28. The summed E-state index contributed by atoms with van der Waals surface area (Å²) in [5.74, 6) is 0.885. The second-order valence-corrected chi connectivity index (χ2v) is 5.08. The van der Waals surface area contributed by atoms with Gasteiger partial charge in [-0.1, -0.05) is 12.7 Å². The summed E-state index contributed by atoms with van der Waals surface area (Å²) in [6.45, 7) is 4.02. The molecule has 6 nitrogen and oxygen atoms in total. The number of benzene rings is 2. The van der Waals surface area contributed by atoms with E-state index in [2.05, 4.69) is 16.5 Å².